The Labute approximate surface area is 174 Å². The molecule has 1 aliphatic rings. The lowest BCUT2D eigenvalue weighted by molar-refractivity contribution is 0.00473. The molecule has 6 heteroatoms. The summed E-state index contributed by atoms with van der Waals surface area (Å²) in [4.78, 5) is 24.9. The molecule has 29 heavy (non-hydrogen) atoms. The molecule has 0 radical (unpaired) electrons. The van der Waals surface area contributed by atoms with Crippen LogP contribution in [0.2, 0.25) is 0 Å². The van der Waals surface area contributed by atoms with E-state index in [1.54, 1.807) is 24.3 Å². The summed E-state index contributed by atoms with van der Waals surface area (Å²) in [6, 6.07) is 10.9. The van der Waals surface area contributed by atoms with Crippen LogP contribution in [0.3, 0.4) is 0 Å². The van der Waals surface area contributed by atoms with Crippen molar-refractivity contribution >= 4 is 23.7 Å². The second-order valence-electron chi connectivity index (χ2n) is 7.61. The lowest BCUT2D eigenvalue weighted by Gasteiger charge is -2.21. The van der Waals surface area contributed by atoms with Crippen LogP contribution in [0.15, 0.2) is 36.4 Å². The molecule has 0 aliphatic carbocycles. The van der Waals surface area contributed by atoms with E-state index in [2.05, 4.69) is 0 Å². The Hall–Kier alpha value is -2.34. The smallest absolute Gasteiger partial charge is 0.338 e. The first kappa shape index (κ1) is 21.4. The molecule has 2 aromatic carbocycles. The maximum absolute atomic E-state index is 14.4. The zero-order chi connectivity index (χ0) is 21.1. The predicted molar refractivity (Wildman–Crippen MR) is 112 cm³/mol. The first-order valence-electron chi connectivity index (χ1n) is 9.53. The Bertz CT molecular complexity index is 887. The number of thioether (sulfide) groups is 1. The Morgan fingerprint density at radius 1 is 0.897 bits per heavy atom. The van der Waals surface area contributed by atoms with Crippen molar-refractivity contribution in [3.8, 4) is 0 Å². The Balaban J connectivity index is 1.64. The van der Waals surface area contributed by atoms with Crippen molar-refractivity contribution in [1.82, 2.24) is 0 Å². The van der Waals surface area contributed by atoms with Crippen molar-refractivity contribution < 1.29 is 23.5 Å². The normalized spacial score (nSPS) is 21.1. The van der Waals surface area contributed by atoms with Gasteiger partial charge in [0.2, 0.25) is 0 Å². The quantitative estimate of drug-likeness (QED) is 0.658. The number of benzene rings is 2. The first-order valence-corrected chi connectivity index (χ1v) is 10.6. The van der Waals surface area contributed by atoms with Crippen LogP contribution in [0, 0.1) is 27.7 Å². The van der Waals surface area contributed by atoms with E-state index in [-0.39, 0.29) is 12.4 Å². The molecule has 0 unspecified atom stereocenters. The van der Waals surface area contributed by atoms with Crippen LogP contribution in [0.5, 0.6) is 0 Å². The van der Waals surface area contributed by atoms with Crippen LogP contribution in [0.1, 0.15) is 43.0 Å². The molecule has 0 bridgehead atoms. The van der Waals surface area contributed by atoms with Crippen molar-refractivity contribution in [3.63, 3.8) is 0 Å². The highest BCUT2D eigenvalue weighted by atomic mass is 32.2. The van der Waals surface area contributed by atoms with Crippen LogP contribution in [-0.4, -0.2) is 41.8 Å². The maximum Gasteiger partial charge on any atom is 0.338 e. The van der Waals surface area contributed by atoms with Gasteiger partial charge in [-0.1, -0.05) is 34.4 Å². The van der Waals surface area contributed by atoms with Gasteiger partial charge in [-0.15, -0.1) is 11.8 Å². The molecule has 1 saturated heterocycles. The average molecular weight is 417 g/mol. The van der Waals surface area contributed by atoms with Crippen LogP contribution in [0.4, 0.5) is 4.39 Å². The Morgan fingerprint density at radius 2 is 1.38 bits per heavy atom. The number of hydrogen-bond acceptors (Lipinski definition) is 5. The minimum atomic E-state index is -1.29. The number of carbonyl (C=O) groups is 2. The van der Waals surface area contributed by atoms with Gasteiger partial charge in [0, 0.05) is 5.75 Å². The molecular formula is C23H25FO4S. The topological polar surface area (TPSA) is 52.6 Å². The highest BCUT2D eigenvalue weighted by Gasteiger charge is 2.41. The van der Waals surface area contributed by atoms with Gasteiger partial charge in [-0.3, -0.25) is 0 Å². The van der Waals surface area contributed by atoms with E-state index < -0.39 is 29.5 Å². The molecule has 3 atom stereocenters. The molecule has 154 valence electrons. The zero-order valence-electron chi connectivity index (χ0n) is 17.0. The lowest BCUT2D eigenvalue weighted by Crippen LogP contribution is -2.35. The number of alkyl halides is 1. The number of esters is 2. The molecule has 1 fully saturated rings. The zero-order valence-corrected chi connectivity index (χ0v) is 17.8. The summed E-state index contributed by atoms with van der Waals surface area (Å²) >= 11 is 1.32. The van der Waals surface area contributed by atoms with Crippen molar-refractivity contribution in [1.29, 1.82) is 0 Å². The molecule has 0 amide bonds. The van der Waals surface area contributed by atoms with E-state index in [9.17, 15) is 14.0 Å². The van der Waals surface area contributed by atoms with Gasteiger partial charge in [-0.2, -0.15) is 0 Å². The van der Waals surface area contributed by atoms with Crippen molar-refractivity contribution in [2.45, 2.75) is 45.2 Å². The number of hydrogen-bond donors (Lipinski definition) is 0. The number of rotatable bonds is 5. The monoisotopic (exact) mass is 416 g/mol. The average Bonchev–Trinajstić information content (AvgIpc) is 2.98. The molecule has 0 saturated carbocycles. The number of aryl methyl sites for hydroxylation is 4. The third kappa shape index (κ3) is 5.38. The van der Waals surface area contributed by atoms with Gasteiger partial charge >= 0.3 is 11.9 Å². The highest BCUT2D eigenvalue weighted by Crippen LogP contribution is 2.33. The van der Waals surface area contributed by atoms with E-state index in [0.717, 1.165) is 22.3 Å². The summed E-state index contributed by atoms with van der Waals surface area (Å²) in [5.41, 5.74) is 4.68. The van der Waals surface area contributed by atoms with Gasteiger partial charge in [0.15, 0.2) is 0 Å². The van der Waals surface area contributed by atoms with Crippen LogP contribution in [0.25, 0.3) is 0 Å². The number of halogens is 1. The Morgan fingerprint density at radius 3 is 1.90 bits per heavy atom. The van der Waals surface area contributed by atoms with Gasteiger partial charge in [-0.25, -0.2) is 14.0 Å². The fraction of sp³-hybridized carbons (Fsp3) is 0.391. The van der Waals surface area contributed by atoms with E-state index in [1.165, 1.54) is 11.8 Å². The Kier molecular flexibility index (Phi) is 6.63. The van der Waals surface area contributed by atoms with Crippen LogP contribution >= 0.6 is 11.8 Å². The molecule has 4 nitrogen and oxygen atoms in total. The van der Waals surface area contributed by atoms with E-state index in [1.807, 2.05) is 39.8 Å². The third-order valence-corrected chi connectivity index (χ3v) is 6.07. The number of ether oxygens (including phenoxy) is 2. The highest BCUT2D eigenvalue weighted by molar-refractivity contribution is 8.00. The minimum absolute atomic E-state index is 0.0122. The summed E-state index contributed by atoms with van der Waals surface area (Å²) in [7, 11) is 0. The molecule has 1 aliphatic heterocycles. The summed E-state index contributed by atoms with van der Waals surface area (Å²) in [6.45, 7) is 7.59. The predicted octanol–water partition coefficient (Wildman–Crippen LogP) is 4.76. The molecule has 1 heterocycles. The molecule has 0 spiro atoms. The van der Waals surface area contributed by atoms with Crippen molar-refractivity contribution in [2.75, 3.05) is 12.4 Å². The van der Waals surface area contributed by atoms with Gasteiger partial charge in [0.1, 0.15) is 18.9 Å². The standard InChI is InChI=1S/C23H25FO4S/c1-13-5-14(2)8-17(7-13)22(25)27-11-20-21(19(24)12-29-20)28-23(26)18-9-15(3)6-16(4)10-18/h5-10,19-21H,11-12H2,1-4H3/t19-,20-,21+/m1/s1. The molecule has 3 rings (SSSR count). The first-order chi connectivity index (χ1) is 13.7. The minimum Gasteiger partial charge on any atom is -0.461 e. The fourth-order valence-electron chi connectivity index (χ4n) is 3.55. The van der Waals surface area contributed by atoms with Gasteiger partial charge in [-0.05, 0) is 52.0 Å². The van der Waals surface area contributed by atoms with E-state index in [0.29, 0.717) is 11.1 Å². The van der Waals surface area contributed by atoms with E-state index >= 15 is 0 Å². The summed E-state index contributed by atoms with van der Waals surface area (Å²) in [5.74, 6) is -0.812. The summed E-state index contributed by atoms with van der Waals surface area (Å²) in [6.07, 6.45) is -2.24. The second-order valence-corrected chi connectivity index (χ2v) is 8.88. The fourth-order valence-corrected chi connectivity index (χ4v) is 4.75. The lowest BCUT2D eigenvalue weighted by atomic mass is 10.1. The largest absolute Gasteiger partial charge is 0.461 e. The summed E-state index contributed by atoms with van der Waals surface area (Å²) < 4.78 is 25.3. The van der Waals surface area contributed by atoms with Crippen LogP contribution < -0.4 is 0 Å². The van der Waals surface area contributed by atoms with E-state index in [4.69, 9.17) is 9.47 Å². The van der Waals surface area contributed by atoms with Crippen LogP contribution in [-0.2, 0) is 9.47 Å². The molecule has 0 N–H and O–H groups in total. The molecular weight excluding hydrogens is 391 g/mol. The van der Waals surface area contributed by atoms with Crippen molar-refractivity contribution in [2.24, 2.45) is 0 Å². The maximum atomic E-state index is 14.4. The van der Waals surface area contributed by atoms with Gasteiger partial charge < -0.3 is 9.47 Å². The van der Waals surface area contributed by atoms with Gasteiger partial charge in [0.05, 0.1) is 16.4 Å². The van der Waals surface area contributed by atoms with Gasteiger partial charge in [0.25, 0.3) is 0 Å². The van der Waals surface area contributed by atoms with Crippen molar-refractivity contribution in [3.05, 3.63) is 69.8 Å². The third-order valence-electron chi connectivity index (χ3n) is 4.73. The summed E-state index contributed by atoms with van der Waals surface area (Å²) in [5, 5.41) is -0.435. The molecule has 0 aromatic heterocycles. The SMILES string of the molecule is Cc1cc(C)cc(C(=O)OC[C@H]2SC[C@@H](F)[C@@H]2OC(=O)c2cc(C)cc(C)c2)c1. The number of carbonyl (C=O) groups excluding carboxylic acids is 2. The second kappa shape index (κ2) is 8.99. The molecule has 2 aromatic rings.